The molecule has 1 aromatic carbocycles. The van der Waals surface area contributed by atoms with E-state index in [-0.39, 0.29) is 17.6 Å². The summed E-state index contributed by atoms with van der Waals surface area (Å²) in [4.78, 5) is 17.0. The summed E-state index contributed by atoms with van der Waals surface area (Å²) < 4.78 is 0. The Kier molecular flexibility index (Phi) is 3.29. The lowest BCUT2D eigenvalue weighted by Gasteiger charge is -2.23. The van der Waals surface area contributed by atoms with Gasteiger partial charge in [0.2, 0.25) is 0 Å². The first-order valence-corrected chi connectivity index (χ1v) is 6.96. The highest BCUT2D eigenvalue weighted by atomic mass is 16.7. The summed E-state index contributed by atoms with van der Waals surface area (Å²) in [5, 5.41) is 0. The number of rotatable bonds is 6. The van der Waals surface area contributed by atoms with Crippen molar-refractivity contribution in [1.29, 1.82) is 0 Å². The van der Waals surface area contributed by atoms with Crippen molar-refractivity contribution in [3.63, 3.8) is 0 Å². The molecule has 0 saturated heterocycles. The van der Waals surface area contributed by atoms with Gasteiger partial charge in [-0.1, -0.05) is 30.3 Å². The molecule has 3 N–H and O–H groups in total. The maximum Gasteiger partial charge on any atom is 0.329 e. The number of hydrogen-bond donors (Lipinski definition) is 2. The van der Waals surface area contributed by atoms with Gasteiger partial charge in [-0.25, -0.2) is 0 Å². The van der Waals surface area contributed by atoms with Crippen molar-refractivity contribution in [2.24, 2.45) is 11.7 Å². The highest BCUT2D eigenvalue weighted by molar-refractivity contribution is 5.72. The quantitative estimate of drug-likeness (QED) is 0.762. The number of hydrogen-bond acceptors (Lipinski definition) is 4. The average Bonchev–Trinajstić information content (AvgIpc) is 3.30. The molecule has 1 atom stereocenters. The molecule has 0 radical (unpaired) electrons. The Hall–Kier alpha value is -1.39. The van der Waals surface area contributed by atoms with Crippen LogP contribution in [-0.2, 0) is 16.1 Å². The standard InChI is InChI=1S/C15H20N2O2/c16-14(12-6-7-12)15(8-9-15)17-19-13(18)10-11-4-2-1-3-5-11/h1-5,12,14,17H,6-10,16H2. The number of carbonyl (C=O) groups is 1. The second-order valence-electron chi connectivity index (χ2n) is 5.76. The van der Waals surface area contributed by atoms with Crippen molar-refractivity contribution in [3.05, 3.63) is 35.9 Å². The SMILES string of the molecule is NC(C1CC1)C1(NOC(=O)Cc2ccccc2)CC1. The molecule has 1 aromatic rings. The van der Waals surface area contributed by atoms with Gasteiger partial charge in [-0.05, 0) is 37.2 Å². The predicted molar refractivity (Wildman–Crippen MR) is 72.0 cm³/mol. The molecule has 0 amide bonds. The van der Waals surface area contributed by atoms with E-state index in [1.807, 2.05) is 30.3 Å². The Balaban J connectivity index is 1.48. The Bertz CT molecular complexity index is 452. The number of hydroxylamine groups is 1. The zero-order valence-corrected chi connectivity index (χ0v) is 11.0. The van der Waals surface area contributed by atoms with Crippen LogP contribution in [0.25, 0.3) is 0 Å². The minimum atomic E-state index is -0.250. The molecule has 19 heavy (non-hydrogen) atoms. The third kappa shape index (κ3) is 2.96. The molecule has 4 heteroatoms. The third-order valence-electron chi connectivity index (χ3n) is 4.12. The third-order valence-corrected chi connectivity index (χ3v) is 4.12. The number of nitrogens with two attached hydrogens (primary N) is 1. The monoisotopic (exact) mass is 260 g/mol. The molecular weight excluding hydrogens is 240 g/mol. The fourth-order valence-electron chi connectivity index (χ4n) is 2.50. The molecule has 2 fully saturated rings. The molecular formula is C15H20N2O2. The van der Waals surface area contributed by atoms with E-state index in [0.717, 1.165) is 18.4 Å². The minimum Gasteiger partial charge on any atom is -0.370 e. The lowest BCUT2D eigenvalue weighted by molar-refractivity contribution is -0.153. The molecule has 0 spiro atoms. The molecule has 0 aliphatic heterocycles. The summed E-state index contributed by atoms with van der Waals surface area (Å²) in [5.74, 6) is 0.364. The van der Waals surface area contributed by atoms with Crippen LogP contribution >= 0.6 is 0 Å². The van der Waals surface area contributed by atoms with Crippen LogP contribution in [-0.4, -0.2) is 17.6 Å². The zero-order chi connectivity index (χ0) is 13.3. The fraction of sp³-hybridized carbons (Fsp3) is 0.533. The van der Waals surface area contributed by atoms with Crippen LogP contribution in [0.15, 0.2) is 30.3 Å². The Morgan fingerprint density at radius 2 is 2.05 bits per heavy atom. The highest BCUT2D eigenvalue weighted by Crippen LogP contribution is 2.46. The molecule has 1 unspecified atom stereocenters. The molecule has 2 saturated carbocycles. The molecule has 3 rings (SSSR count). The molecule has 2 aliphatic carbocycles. The number of benzene rings is 1. The summed E-state index contributed by atoms with van der Waals surface area (Å²) in [6.45, 7) is 0. The van der Waals surface area contributed by atoms with Gasteiger partial charge in [0.1, 0.15) is 0 Å². The van der Waals surface area contributed by atoms with E-state index in [1.165, 1.54) is 12.8 Å². The second kappa shape index (κ2) is 4.94. The lowest BCUT2D eigenvalue weighted by Crippen LogP contribution is -2.49. The zero-order valence-electron chi connectivity index (χ0n) is 11.0. The van der Waals surface area contributed by atoms with Crippen LogP contribution in [0.3, 0.4) is 0 Å². The van der Waals surface area contributed by atoms with Crippen molar-refractivity contribution in [3.8, 4) is 0 Å². The smallest absolute Gasteiger partial charge is 0.329 e. The maximum absolute atomic E-state index is 11.8. The summed E-state index contributed by atoms with van der Waals surface area (Å²) in [6, 6.07) is 9.73. The van der Waals surface area contributed by atoms with Crippen LogP contribution in [0.4, 0.5) is 0 Å². The topological polar surface area (TPSA) is 64.3 Å². The highest BCUT2D eigenvalue weighted by Gasteiger charge is 2.54. The minimum absolute atomic E-state index is 0.122. The van der Waals surface area contributed by atoms with Gasteiger partial charge >= 0.3 is 5.97 Å². The van der Waals surface area contributed by atoms with E-state index in [0.29, 0.717) is 12.3 Å². The molecule has 0 heterocycles. The van der Waals surface area contributed by atoms with Crippen LogP contribution in [0.2, 0.25) is 0 Å². The van der Waals surface area contributed by atoms with Crippen molar-refractivity contribution in [2.45, 2.75) is 43.7 Å². The van der Waals surface area contributed by atoms with Gasteiger partial charge in [0.15, 0.2) is 0 Å². The van der Waals surface area contributed by atoms with Crippen molar-refractivity contribution in [2.75, 3.05) is 0 Å². The predicted octanol–water partition coefficient (Wildman–Crippen LogP) is 1.55. The number of carbonyl (C=O) groups excluding carboxylic acids is 1. The van der Waals surface area contributed by atoms with Crippen LogP contribution in [0.5, 0.6) is 0 Å². The molecule has 0 bridgehead atoms. The Labute approximate surface area is 113 Å². The number of nitrogens with one attached hydrogen (secondary N) is 1. The van der Waals surface area contributed by atoms with E-state index < -0.39 is 0 Å². The normalized spacial score (nSPS) is 21.7. The van der Waals surface area contributed by atoms with Gasteiger partial charge in [-0.3, -0.25) is 4.79 Å². The molecule has 2 aliphatic rings. The van der Waals surface area contributed by atoms with Gasteiger partial charge in [-0.15, -0.1) is 5.48 Å². The summed E-state index contributed by atoms with van der Waals surface area (Å²) in [5.41, 5.74) is 9.96. The van der Waals surface area contributed by atoms with Crippen LogP contribution in [0.1, 0.15) is 31.2 Å². The van der Waals surface area contributed by atoms with Gasteiger partial charge in [0.05, 0.1) is 12.0 Å². The van der Waals surface area contributed by atoms with Crippen LogP contribution in [0, 0.1) is 5.92 Å². The maximum atomic E-state index is 11.8. The van der Waals surface area contributed by atoms with E-state index >= 15 is 0 Å². The Morgan fingerprint density at radius 1 is 1.37 bits per heavy atom. The van der Waals surface area contributed by atoms with Gasteiger partial charge < -0.3 is 10.6 Å². The van der Waals surface area contributed by atoms with E-state index in [2.05, 4.69) is 5.48 Å². The molecule has 0 aromatic heterocycles. The fourth-order valence-corrected chi connectivity index (χ4v) is 2.50. The van der Waals surface area contributed by atoms with Gasteiger partial charge in [0.25, 0.3) is 0 Å². The van der Waals surface area contributed by atoms with Crippen molar-refractivity contribution < 1.29 is 9.63 Å². The van der Waals surface area contributed by atoms with Crippen LogP contribution < -0.4 is 11.2 Å². The second-order valence-corrected chi connectivity index (χ2v) is 5.76. The van der Waals surface area contributed by atoms with E-state index in [1.54, 1.807) is 0 Å². The average molecular weight is 260 g/mol. The van der Waals surface area contributed by atoms with E-state index in [9.17, 15) is 4.79 Å². The summed E-state index contributed by atoms with van der Waals surface area (Å²) in [6.07, 6.45) is 4.72. The van der Waals surface area contributed by atoms with Crippen molar-refractivity contribution in [1.82, 2.24) is 5.48 Å². The lowest BCUT2D eigenvalue weighted by atomic mass is 10.0. The van der Waals surface area contributed by atoms with Gasteiger partial charge in [0, 0.05) is 6.04 Å². The van der Waals surface area contributed by atoms with Crippen molar-refractivity contribution >= 4 is 5.97 Å². The van der Waals surface area contributed by atoms with E-state index in [4.69, 9.17) is 10.6 Å². The molecule has 4 nitrogen and oxygen atoms in total. The Morgan fingerprint density at radius 3 is 2.63 bits per heavy atom. The molecule has 102 valence electrons. The first-order valence-electron chi connectivity index (χ1n) is 6.96. The first-order chi connectivity index (χ1) is 9.20. The summed E-state index contributed by atoms with van der Waals surface area (Å²) >= 11 is 0. The first kappa shape index (κ1) is 12.6. The largest absolute Gasteiger partial charge is 0.370 e. The summed E-state index contributed by atoms with van der Waals surface area (Å²) in [7, 11) is 0. The van der Waals surface area contributed by atoms with Gasteiger partial charge in [-0.2, -0.15) is 0 Å².